The van der Waals surface area contributed by atoms with Crippen molar-refractivity contribution in [2.45, 2.75) is 0 Å². The Morgan fingerprint density at radius 2 is 1.52 bits per heavy atom. The monoisotopic (exact) mass is 348 g/mol. The molecule has 0 radical (unpaired) electrons. The maximum atomic E-state index is 12.3. The first-order valence-electron chi connectivity index (χ1n) is 7.83. The molecule has 0 aromatic heterocycles. The molecule has 0 atom stereocenters. The summed E-state index contributed by atoms with van der Waals surface area (Å²) in [5.74, 6) is -0.362. The number of carbonyl (C=O) groups is 1. The molecule has 0 unspecified atom stereocenters. The molecule has 0 saturated heterocycles. The molecule has 0 spiro atoms. The zero-order valence-corrected chi connectivity index (χ0v) is 14.6. The van der Waals surface area contributed by atoms with Crippen molar-refractivity contribution in [1.82, 2.24) is 0 Å². The molecule has 0 aliphatic heterocycles. The lowest BCUT2D eigenvalue weighted by Crippen LogP contribution is -2.04. The van der Waals surface area contributed by atoms with E-state index in [4.69, 9.17) is 16.3 Å². The lowest BCUT2D eigenvalue weighted by Gasteiger charge is -2.11. The van der Waals surface area contributed by atoms with Gasteiger partial charge in [-0.25, -0.2) is 4.79 Å². The number of hydrogen-bond acceptors (Lipinski definition) is 2. The third-order valence-corrected chi connectivity index (χ3v) is 4.31. The molecule has 3 aromatic carbocycles. The second-order valence-electron chi connectivity index (χ2n) is 5.58. The SMILES string of the molecule is C=Cc1ccc(-c2ccc(-c3ccc(Cl)cc3)cc2C(=O)OC)cc1. The van der Waals surface area contributed by atoms with E-state index in [1.165, 1.54) is 7.11 Å². The van der Waals surface area contributed by atoms with Gasteiger partial charge in [0.25, 0.3) is 0 Å². The van der Waals surface area contributed by atoms with Gasteiger partial charge in [-0.2, -0.15) is 0 Å². The largest absolute Gasteiger partial charge is 0.465 e. The molecule has 0 N–H and O–H groups in total. The third-order valence-electron chi connectivity index (χ3n) is 4.06. The quantitative estimate of drug-likeness (QED) is 0.532. The lowest BCUT2D eigenvalue weighted by atomic mass is 9.94. The Hall–Kier alpha value is -2.84. The molecule has 0 amide bonds. The van der Waals surface area contributed by atoms with Gasteiger partial charge in [0.2, 0.25) is 0 Å². The summed E-state index contributed by atoms with van der Waals surface area (Å²) in [4.78, 5) is 12.3. The zero-order valence-electron chi connectivity index (χ0n) is 13.8. The van der Waals surface area contributed by atoms with Crippen LogP contribution in [0.1, 0.15) is 15.9 Å². The topological polar surface area (TPSA) is 26.3 Å². The Morgan fingerprint density at radius 1 is 0.920 bits per heavy atom. The summed E-state index contributed by atoms with van der Waals surface area (Å²) in [5, 5.41) is 0.677. The molecule has 0 bridgehead atoms. The predicted octanol–water partition coefficient (Wildman–Crippen LogP) is 6.10. The molecule has 3 heteroatoms. The summed E-state index contributed by atoms with van der Waals surface area (Å²) in [7, 11) is 1.39. The highest BCUT2D eigenvalue weighted by Gasteiger charge is 2.15. The molecule has 2 nitrogen and oxygen atoms in total. The van der Waals surface area contributed by atoms with Gasteiger partial charge in [0, 0.05) is 5.02 Å². The zero-order chi connectivity index (χ0) is 17.8. The summed E-state index contributed by atoms with van der Waals surface area (Å²) < 4.78 is 4.98. The highest BCUT2D eigenvalue weighted by Crippen LogP contribution is 2.30. The van der Waals surface area contributed by atoms with Crippen LogP contribution >= 0.6 is 11.6 Å². The van der Waals surface area contributed by atoms with Crippen molar-refractivity contribution >= 4 is 23.6 Å². The maximum absolute atomic E-state index is 12.3. The van der Waals surface area contributed by atoms with Crippen LogP contribution in [0.25, 0.3) is 28.3 Å². The maximum Gasteiger partial charge on any atom is 0.338 e. The first kappa shape index (κ1) is 17.0. The van der Waals surface area contributed by atoms with Crippen LogP contribution in [0.3, 0.4) is 0 Å². The van der Waals surface area contributed by atoms with Crippen molar-refractivity contribution in [3.05, 3.63) is 89.5 Å². The van der Waals surface area contributed by atoms with E-state index in [0.29, 0.717) is 10.6 Å². The molecule has 124 valence electrons. The fraction of sp³-hybridized carbons (Fsp3) is 0.0455. The van der Waals surface area contributed by atoms with Crippen molar-refractivity contribution in [1.29, 1.82) is 0 Å². The molecule has 25 heavy (non-hydrogen) atoms. The van der Waals surface area contributed by atoms with Crippen molar-refractivity contribution in [2.24, 2.45) is 0 Å². The van der Waals surface area contributed by atoms with E-state index in [1.807, 2.05) is 66.7 Å². The van der Waals surface area contributed by atoms with Crippen LogP contribution in [0.4, 0.5) is 0 Å². The Labute approximate surface area is 152 Å². The van der Waals surface area contributed by atoms with Gasteiger partial charge in [-0.3, -0.25) is 0 Å². The van der Waals surface area contributed by atoms with Gasteiger partial charge in [0.1, 0.15) is 0 Å². The summed E-state index contributed by atoms with van der Waals surface area (Å²) >= 11 is 5.95. The predicted molar refractivity (Wildman–Crippen MR) is 104 cm³/mol. The number of halogens is 1. The first-order valence-corrected chi connectivity index (χ1v) is 8.21. The van der Waals surface area contributed by atoms with Gasteiger partial charge in [-0.15, -0.1) is 0 Å². The highest BCUT2D eigenvalue weighted by atomic mass is 35.5. The standard InChI is InChI=1S/C22H17ClO2/c1-3-15-4-6-17(7-5-15)20-13-10-18(14-21(20)22(24)25-2)16-8-11-19(23)12-9-16/h3-14H,1H2,2H3. The van der Waals surface area contributed by atoms with Gasteiger partial charge < -0.3 is 4.74 Å². The number of carbonyl (C=O) groups excluding carboxylic acids is 1. The minimum absolute atomic E-state index is 0.362. The summed E-state index contributed by atoms with van der Waals surface area (Å²) in [6.07, 6.45) is 1.79. The fourth-order valence-corrected chi connectivity index (χ4v) is 2.82. The minimum atomic E-state index is -0.362. The Kier molecular flexibility index (Phi) is 5.01. The second-order valence-corrected chi connectivity index (χ2v) is 6.02. The van der Waals surface area contributed by atoms with Crippen LogP contribution in [-0.2, 0) is 4.74 Å². The van der Waals surface area contributed by atoms with E-state index in [0.717, 1.165) is 27.8 Å². The van der Waals surface area contributed by atoms with Crippen molar-refractivity contribution < 1.29 is 9.53 Å². The average Bonchev–Trinajstić information content (AvgIpc) is 2.67. The minimum Gasteiger partial charge on any atom is -0.465 e. The highest BCUT2D eigenvalue weighted by molar-refractivity contribution is 6.30. The van der Waals surface area contributed by atoms with E-state index < -0.39 is 0 Å². The van der Waals surface area contributed by atoms with Gasteiger partial charge in [-0.05, 0) is 46.0 Å². The molecule has 0 aliphatic carbocycles. The van der Waals surface area contributed by atoms with E-state index in [9.17, 15) is 4.79 Å². The van der Waals surface area contributed by atoms with Gasteiger partial charge in [-0.1, -0.05) is 72.8 Å². The lowest BCUT2D eigenvalue weighted by molar-refractivity contribution is 0.0601. The van der Waals surface area contributed by atoms with Gasteiger partial charge in [0.15, 0.2) is 0 Å². The van der Waals surface area contributed by atoms with Gasteiger partial charge in [0.05, 0.1) is 12.7 Å². The molecule has 3 aromatic rings. The van der Waals surface area contributed by atoms with Crippen LogP contribution < -0.4 is 0 Å². The molecular weight excluding hydrogens is 332 g/mol. The van der Waals surface area contributed by atoms with Crippen LogP contribution in [0.15, 0.2) is 73.3 Å². The number of benzene rings is 3. The number of methoxy groups -OCH3 is 1. The Morgan fingerprint density at radius 3 is 2.12 bits per heavy atom. The number of rotatable bonds is 4. The van der Waals surface area contributed by atoms with Crippen LogP contribution in [0, 0.1) is 0 Å². The van der Waals surface area contributed by atoms with E-state index >= 15 is 0 Å². The van der Waals surface area contributed by atoms with Crippen molar-refractivity contribution in [3.63, 3.8) is 0 Å². The van der Waals surface area contributed by atoms with E-state index in [2.05, 4.69) is 6.58 Å². The Bertz CT molecular complexity index is 910. The first-order chi connectivity index (χ1) is 12.1. The average molecular weight is 349 g/mol. The molecule has 0 fully saturated rings. The fourth-order valence-electron chi connectivity index (χ4n) is 2.70. The molecule has 3 rings (SSSR count). The van der Waals surface area contributed by atoms with E-state index in [-0.39, 0.29) is 5.97 Å². The third kappa shape index (κ3) is 3.65. The Balaban J connectivity index is 2.10. The number of hydrogen-bond donors (Lipinski definition) is 0. The van der Waals surface area contributed by atoms with Crippen LogP contribution in [0.5, 0.6) is 0 Å². The molecule has 0 heterocycles. The smallest absolute Gasteiger partial charge is 0.338 e. The van der Waals surface area contributed by atoms with Gasteiger partial charge >= 0.3 is 5.97 Å². The van der Waals surface area contributed by atoms with E-state index in [1.54, 1.807) is 6.08 Å². The number of ether oxygens (including phenoxy) is 1. The van der Waals surface area contributed by atoms with Crippen LogP contribution in [0.2, 0.25) is 5.02 Å². The van der Waals surface area contributed by atoms with Crippen molar-refractivity contribution in [2.75, 3.05) is 7.11 Å². The second kappa shape index (κ2) is 7.37. The molecular formula is C22H17ClO2. The number of esters is 1. The van der Waals surface area contributed by atoms with Crippen molar-refractivity contribution in [3.8, 4) is 22.3 Å². The molecule has 0 aliphatic rings. The van der Waals surface area contributed by atoms with Crippen LogP contribution in [-0.4, -0.2) is 13.1 Å². The summed E-state index contributed by atoms with van der Waals surface area (Å²) in [5.41, 5.74) is 5.27. The summed E-state index contributed by atoms with van der Waals surface area (Å²) in [6, 6.07) is 21.2. The summed E-state index contributed by atoms with van der Waals surface area (Å²) in [6.45, 7) is 3.76. The normalized spacial score (nSPS) is 10.3. The molecule has 0 saturated carbocycles.